The lowest BCUT2D eigenvalue weighted by atomic mass is 9.85. The van der Waals surface area contributed by atoms with Crippen LogP contribution in [0.2, 0.25) is 0 Å². The Morgan fingerprint density at radius 3 is 2.67 bits per heavy atom. The highest BCUT2D eigenvalue weighted by molar-refractivity contribution is 4.95. The van der Waals surface area contributed by atoms with E-state index in [1.54, 1.807) is 0 Å². The number of hydrogen-bond donors (Lipinski definition) is 0. The molecule has 0 aromatic heterocycles. The molecule has 1 unspecified atom stereocenters. The summed E-state index contributed by atoms with van der Waals surface area (Å²) in [5.41, 5.74) is 0.382. The highest BCUT2D eigenvalue weighted by atomic mass is 15.2. The van der Waals surface area contributed by atoms with E-state index in [1.165, 1.54) is 19.4 Å². The second-order valence-electron chi connectivity index (χ2n) is 4.70. The zero-order valence-corrected chi connectivity index (χ0v) is 8.43. The molecule has 0 aliphatic carbocycles. The maximum atomic E-state index is 5.32. The third-order valence-corrected chi connectivity index (χ3v) is 2.66. The molecule has 1 aliphatic rings. The minimum atomic E-state index is 0.382. The van der Waals surface area contributed by atoms with E-state index in [1.807, 2.05) is 0 Å². The van der Waals surface area contributed by atoms with Crippen molar-refractivity contribution in [1.82, 2.24) is 4.90 Å². The molecular weight excluding hydrogens is 146 g/mol. The third kappa shape index (κ3) is 2.01. The second-order valence-corrected chi connectivity index (χ2v) is 4.70. The number of likely N-dealkylation sites (tertiary alicyclic amines) is 1. The van der Waals surface area contributed by atoms with Gasteiger partial charge in [0.05, 0.1) is 6.54 Å². The van der Waals surface area contributed by atoms with Crippen LogP contribution < -0.4 is 0 Å². The van der Waals surface area contributed by atoms with Crippen LogP contribution in [-0.4, -0.2) is 24.0 Å². The lowest BCUT2D eigenvalue weighted by molar-refractivity contribution is 0.156. The summed E-state index contributed by atoms with van der Waals surface area (Å²) in [6.07, 6.45) is 7.94. The van der Waals surface area contributed by atoms with Gasteiger partial charge in [-0.1, -0.05) is 26.7 Å². The summed E-state index contributed by atoms with van der Waals surface area (Å²) in [4.78, 5) is 2.43. The van der Waals surface area contributed by atoms with Crippen molar-refractivity contribution in [2.24, 2.45) is 5.41 Å². The quantitative estimate of drug-likeness (QED) is 0.538. The van der Waals surface area contributed by atoms with E-state index in [4.69, 9.17) is 6.42 Å². The molecule has 68 valence electrons. The summed E-state index contributed by atoms with van der Waals surface area (Å²) in [5, 5.41) is 0. The lowest BCUT2D eigenvalue weighted by Crippen LogP contribution is -2.39. The Labute approximate surface area is 76.1 Å². The van der Waals surface area contributed by atoms with Gasteiger partial charge in [0.1, 0.15) is 0 Å². The van der Waals surface area contributed by atoms with Gasteiger partial charge in [-0.3, -0.25) is 4.90 Å². The van der Waals surface area contributed by atoms with E-state index >= 15 is 0 Å². The lowest BCUT2D eigenvalue weighted by Gasteiger charge is -2.33. The Bertz CT molecular complexity index is 182. The molecule has 1 atom stereocenters. The van der Waals surface area contributed by atoms with Crippen LogP contribution in [-0.2, 0) is 0 Å². The van der Waals surface area contributed by atoms with E-state index in [2.05, 4.69) is 31.6 Å². The van der Waals surface area contributed by atoms with Crippen LogP contribution in [0.4, 0.5) is 0 Å². The Morgan fingerprint density at radius 1 is 1.50 bits per heavy atom. The maximum absolute atomic E-state index is 5.32. The molecule has 1 aliphatic heterocycles. The molecule has 0 aromatic rings. The van der Waals surface area contributed by atoms with E-state index in [0.29, 0.717) is 11.5 Å². The van der Waals surface area contributed by atoms with Gasteiger partial charge in [0.25, 0.3) is 0 Å². The fourth-order valence-corrected chi connectivity index (χ4v) is 2.11. The summed E-state index contributed by atoms with van der Waals surface area (Å²) < 4.78 is 0. The van der Waals surface area contributed by atoms with Crippen molar-refractivity contribution in [2.45, 2.75) is 39.7 Å². The Balaban J connectivity index is 2.59. The first-order valence-electron chi connectivity index (χ1n) is 4.73. The minimum Gasteiger partial charge on any atom is -0.289 e. The SMILES string of the molecule is C#CCN1CCCC1C(C)(C)C. The Morgan fingerprint density at radius 2 is 2.17 bits per heavy atom. The molecule has 1 saturated heterocycles. The average Bonchev–Trinajstić information content (AvgIpc) is 2.34. The number of terminal acetylenes is 1. The van der Waals surface area contributed by atoms with E-state index in [9.17, 15) is 0 Å². The predicted octanol–water partition coefficient (Wildman–Crippen LogP) is 2.13. The molecule has 0 spiro atoms. The number of nitrogens with zero attached hydrogens (tertiary/aromatic N) is 1. The molecule has 0 amide bonds. The fraction of sp³-hybridized carbons (Fsp3) is 0.818. The average molecular weight is 165 g/mol. The Hall–Kier alpha value is -0.480. The van der Waals surface area contributed by atoms with Gasteiger partial charge in [-0.05, 0) is 24.8 Å². The minimum absolute atomic E-state index is 0.382. The van der Waals surface area contributed by atoms with Crippen LogP contribution in [0.5, 0.6) is 0 Å². The van der Waals surface area contributed by atoms with Crippen molar-refractivity contribution in [3.8, 4) is 12.3 Å². The van der Waals surface area contributed by atoms with E-state index in [0.717, 1.165) is 6.54 Å². The van der Waals surface area contributed by atoms with Gasteiger partial charge in [-0.2, -0.15) is 0 Å². The highest BCUT2D eigenvalue weighted by Crippen LogP contribution is 2.31. The zero-order valence-electron chi connectivity index (χ0n) is 8.43. The normalized spacial score (nSPS) is 25.7. The maximum Gasteiger partial charge on any atom is 0.0601 e. The molecule has 1 heterocycles. The second kappa shape index (κ2) is 3.49. The molecular formula is C11H19N. The van der Waals surface area contributed by atoms with Crippen molar-refractivity contribution >= 4 is 0 Å². The van der Waals surface area contributed by atoms with Crippen LogP contribution >= 0.6 is 0 Å². The zero-order chi connectivity index (χ0) is 9.19. The van der Waals surface area contributed by atoms with Crippen LogP contribution in [0, 0.1) is 17.8 Å². The molecule has 1 rings (SSSR count). The summed E-state index contributed by atoms with van der Waals surface area (Å²) in [6.45, 7) is 8.90. The molecule has 1 heteroatoms. The molecule has 12 heavy (non-hydrogen) atoms. The molecule has 1 nitrogen and oxygen atoms in total. The third-order valence-electron chi connectivity index (χ3n) is 2.66. The molecule has 0 saturated carbocycles. The first kappa shape index (κ1) is 9.61. The summed E-state index contributed by atoms with van der Waals surface area (Å²) in [5.74, 6) is 2.74. The standard InChI is InChI=1S/C11H19N/c1-5-8-12-9-6-7-10(12)11(2,3)4/h1,10H,6-9H2,2-4H3. The van der Waals surface area contributed by atoms with Crippen molar-refractivity contribution in [1.29, 1.82) is 0 Å². The van der Waals surface area contributed by atoms with Gasteiger partial charge in [-0.15, -0.1) is 6.42 Å². The van der Waals surface area contributed by atoms with Crippen LogP contribution in [0.15, 0.2) is 0 Å². The fourth-order valence-electron chi connectivity index (χ4n) is 2.11. The summed E-state index contributed by atoms with van der Waals surface area (Å²) in [6, 6.07) is 0.688. The Kier molecular flexibility index (Phi) is 2.80. The van der Waals surface area contributed by atoms with Gasteiger partial charge < -0.3 is 0 Å². The van der Waals surface area contributed by atoms with Crippen molar-refractivity contribution < 1.29 is 0 Å². The van der Waals surface area contributed by atoms with Crippen LogP contribution in [0.3, 0.4) is 0 Å². The highest BCUT2D eigenvalue weighted by Gasteiger charge is 2.33. The van der Waals surface area contributed by atoms with Crippen LogP contribution in [0.25, 0.3) is 0 Å². The number of hydrogen-bond acceptors (Lipinski definition) is 1. The van der Waals surface area contributed by atoms with Crippen molar-refractivity contribution in [3.63, 3.8) is 0 Å². The van der Waals surface area contributed by atoms with Gasteiger partial charge in [0, 0.05) is 6.04 Å². The van der Waals surface area contributed by atoms with Crippen LogP contribution in [0.1, 0.15) is 33.6 Å². The largest absolute Gasteiger partial charge is 0.289 e. The molecule has 0 radical (unpaired) electrons. The van der Waals surface area contributed by atoms with Crippen molar-refractivity contribution in [3.05, 3.63) is 0 Å². The van der Waals surface area contributed by atoms with Gasteiger partial charge in [0.2, 0.25) is 0 Å². The summed E-state index contributed by atoms with van der Waals surface area (Å²) >= 11 is 0. The first-order valence-corrected chi connectivity index (χ1v) is 4.73. The van der Waals surface area contributed by atoms with Gasteiger partial charge in [0.15, 0.2) is 0 Å². The first-order chi connectivity index (χ1) is 5.55. The topological polar surface area (TPSA) is 3.24 Å². The van der Waals surface area contributed by atoms with E-state index in [-0.39, 0.29) is 0 Å². The predicted molar refractivity (Wildman–Crippen MR) is 52.9 cm³/mol. The monoisotopic (exact) mass is 165 g/mol. The molecule has 0 N–H and O–H groups in total. The van der Waals surface area contributed by atoms with E-state index < -0.39 is 0 Å². The molecule has 0 aromatic carbocycles. The van der Waals surface area contributed by atoms with Crippen molar-refractivity contribution in [2.75, 3.05) is 13.1 Å². The summed E-state index contributed by atoms with van der Waals surface area (Å²) in [7, 11) is 0. The van der Waals surface area contributed by atoms with Gasteiger partial charge >= 0.3 is 0 Å². The number of rotatable bonds is 1. The van der Waals surface area contributed by atoms with Gasteiger partial charge in [-0.25, -0.2) is 0 Å². The smallest absolute Gasteiger partial charge is 0.0601 e. The molecule has 0 bridgehead atoms. The molecule has 1 fully saturated rings.